The first-order valence-electron chi connectivity index (χ1n) is 3.15. The first-order chi connectivity index (χ1) is 5.57. The summed E-state index contributed by atoms with van der Waals surface area (Å²) in [5, 5.41) is 17.4. The van der Waals surface area contributed by atoms with Crippen molar-refractivity contribution in [2.45, 2.75) is 6.92 Å². The lowest BCUT2D eigenvalue weighted by atomic mass is 10.1. The number of nitriles is 1. The molecule has 62 valence electrons. The smallest absolute Gasteiger partial charge is 0.184 e. The van der Waals surface area contributed by atoms with Gasteiger partial charge >= 0.3 is 0 Å². The molecule has 0 amide bonds. The maximum Gasteiger partial charge on any atom is 0.184 e. The average molecular weight is 186 g/mol. The number of benzene rings is 1. The predicted molar refractivity (Wildman–Crippen MR) is 42.5 cm³/mol. The molecular weight excluding hydrogens is 181 g/mol. The summed E-state index contributed by atoms with van der Waals surface area (Å²) >= 11 is 5.51. The average Bonchev–Trinajstić information content (AvgIpc) is 2.08. The molecule has 1 aromatic rings. The van der Waals surface area contributed by atoms with Crippen molar-refractivity contribution in [3.63, 3.8) is 0 Å². The fourth-order valence-electron chi connectivity index (χ4n) is 0.835. The Morgan fingerprint density at radius 2 is 2.25 bits per heavy atom. The fourth-order valence-corrected chi connectivity index (χ4v) is 0.973. The summed E-state index contributed by atoms with van der Waals surface area (Å²) in [5.74, 6) is -1.62. The highest BCUT2D eigenvalue weighted by Gasteiger charge is 2.13. The van der Waals surface area contributed by atoms with Crippen molar-refractivity contribution in [2.24, 2.45) is 0 Å². The maximum absolute atomic E-state index is 12.9. The van der Waals surface area contributed by atoms with Gasteiger partial charge in [-0.05, 0) is 18.6 Å². The van der Waals surface area contributed by atoms with E-state index in [2.05, 4.69) is 0 Å². The van der Waals surface area contributed by atoms with Crippen molar-refractivity contribution in [3.8, 4) is 11.8 Å². The van der Waals surface area contributed by atoms with Crippen LogP contribution in [-0.2, 0) is 0 Å². The van der Waals surface area contributed by atoms with E-state index in [1.165, 1.54) is 6.07 Å². The fraction of sp³-hybridized carbons (Fsp3) is 0.125. The van der Waals surface area contributed by atoms with E-state index in [1.807, 2.05) is 0 Å². The van der Waals surface area contributed by atoms with E-state index in [4.69, 9.17) is 22.0 Å². The van der Waals surface area contributed by atoms with Crippen LogP contribution in [0.15, 0.2) is 6.07 Å². The third-order valence-corrected chi connectivity index (χ3v) is 1.96. The van der Waals surface area contributed by atoms with E-state index in [1.54, 1.807) is 13.0 Å². The summed E-state index contributed by atoms with van der Waals surface area (Å²) in [6.07, 6.45) is 0. The molecule has 1 aromatic carbocycles. The lowest BCUT2D eigenvalue weighted by Gasteiger charge is -2.02. The predicted octanol–water partition coefficient (Wildman–Crippen LogP) is 2.36. The molecule has 4 heteroatoms. The lowest BCUT2D eigenvalue weighted by Crippen LogP contribution is -1.88. The molecule has 0 bridgehead atoms. The van der Waals surface area contributed by atoms with E-state index in [-0.39, 0.29) is 10.6 Å². The van der Waals surface area contributed by atoms with Gasteiger partial charge in [-0.3, -0.25) is 0 Å². The molecule has 0 heterocycles. The van der Waals surface area contributed by atoms with E-state index in [0.717, 1.165) is 0 Å². The second-order valence-corrected chi connectivity index (χ2v) is 2.71. The second-order valence-electron chi connectivity index (χ2n) is 2.33. The van der Waals surface area contributed by atoms with Crippen molar-refractivity contribution in [2.75, 3.05) is 0 Å². The van der Waals surface area contributed by atoms with Gasteiger partial charge in [0.05, 0.1) is 10.6 Å². The highest BCUT2D eigenvalue weighted by Crippen LogP contribution is 2.31. The van der Waals surface area contributed by atoms with Gasteiger partial charge in [0.15, 0.2) is 11.6 Å². The molecule has 1 N–H and O–H groups in total. The number of aryl methyl sites for hydroxylation is 1. The second kappa shape index (κ2) is 3.00. The number of aromatic hydroxyl groups is 1. The summed E-state index contributed by atoms with van der Waals surface area (Å²) in [5.41, 5.74) is 0.279. The SMILES string of the molecule is Cc1cc(C#N)c(F)c(O)c1Cl. The molecule has 1 rings (SSSR count). The van der Waals surface area contributed by atoms with Gasteiger partial charge in [0.1, 0.15) is 6.07 Å². The zero-order chi connectivity index (χ0) is 9.30. The largest absolute Gasteiger partial charge is 0.504 e. The number of phenols is 1. The van der Waals surface area contributed by atoms with Gasteiger partial charge in [-0.25, -0.2) is 4.39 Å². The number of halogens is 2. The molecule has 0 aromatic heterocycles. The van der Waals surface area contributed by atoms with Crippen molar-refractivity contribution in [1.82, 2.24) is 0 Å². The molecule has 0 saturated carbocycles. The maximum atomic E-state index is 12.9. The monoisotopic (exact) mass is 185 g/mol. The molecule has 0 aliphatic rings. The van der Waals surface area contributed by atoms with Crippen LogP contribution in [0.3, 0.4) is 0 Å². The van der Waals surface area contributed by atoms with E-state index in [0.29, 0.717) is 5.56 Å². The molecule has 0 saturated heterocycles. The van der Waals surface area contributed by atoms with Crippen LogP contribution in [-0.4, -0.2) is 5.11 Å². The molecule has 12 heavy (non-hydrogen) atoms. The summed E-state index contributed by atoms with van der Waals surface area (Å²) in [4.78, 5) is 0. The van der Waals surface area contributed by atoms with Crippen molar-refractivity contribution < 1.29 is 9.50 Å². The number of hydrogen-bond donors (Lipinski definition) is 1. The molecular formula is C8H5ClFNO. The van der Waals surface area contributed by atoms with Crippen LogP contribution in [0.2, 0.25) is 5.02 Å². The normalized spacial score (nSPS) is 9.50. The summed E-state index contributed by atoms with van der Waals surface area (Å²) in [6.45, 7) is 1.59. The summed E-state index contributed by atoms with van der Waals surface area (Å²) in [6, 6.07) is 2.90. The molecule has 0 fully saturated rings. The lowest BCUT2D eigenvalue weighted by molar-refractivity contribution is 0.431. The topological polar surface area (TPSA) is 44.0 Å². The van der Waals surface area contributed by atoms with Crippen LogP contribution < -0.4 is 0 Å². The Balaban J connectivity index is 3.52. The van der Waals surface area contributed by atoms with Crippen LogP contribution in [0.1, 0.15) is 11.1 Å². The minimum absolute atomic E-state index is 0.0495. The van der Waals surface area contributed by atoms with Crippen molar-refractivity contribution >= 4 is 11.6 Å². The Hall–Kier alpha value is -1.27. The quantitative estimate of drug-likeness (QED) is 0.674. The van der Waals surface area contributed by atoms with Gasteiger partial charge in [-0.1, -0.05) is 11.6 Å². The third-order valence-electron chi connectivity index (χ3n) is 1.48. The first-order valence-corrected chi connectivity index (χ1v) is 3.53. The molecule has 0 spiro atoms. The highest BCUT2D eigenvalue weighted by molar-refractivity contribution is 6.32. The molecule has 0 aliphatic carbocycles. The molecule has 0 aliphatic heterocycles. The minimum Gasteiger partial charge on any atom is -0.504 e. The molecule has 0 radical (unpaired) electrons. The van der Waals surface area contributed by atoms with E-state index < -0.39 is 11.6 Å². The third kappa shape index (κ3) is 1.21. The van der Waals surface area contributed by atoms with Crippen molar-refractivity contribution in [3.05, 3.63) is 28.0 Å². The van der Waals surface area contributed by atoms with Gasteiger partial charge in [-0.2, -0.15) is 5.26 Å². The van der Waals surface area contributed by atoms with Crippen molar-refractivity contribution in [1.29, 1.82) is 5.26 Å². The van der Waals surface area contributed by atoms with Gasteiger partial charge in [0.25, 0.3) is 0 Å². The molecule has 0 atom stereocenters. The molecule has 0 unspecified atom stereocenters. The van der Waals surface area contributed by atoms with E-state index >= 15 is 0 Å². The first kappa shape index (κ1) is 8.82. The number of rotatable bonds is 0. The standard InChI is InChI=1S/C8H5ClFNO/c1-4-2-5(3-11)7(10)8(12)6(4)9/h2,12H,1H3. The minimum atomic E-state index is -0.965. The Kier molecular flexibility index (Phi) is 2.20. The van der Waals surface area contributed by atoms with Gasteiger partial charge < -0.3 is 5.11 Å². The van der Waals surface area contributed by atoms with Gasteiger partial charge in [-0.15, -0.1) is 0 Å². The Morgan fingerprint density at radius 1 is 1.67 bits per heavy atom. The number of nitrogens with zero attached hydrogens (tertiary/aromatic N) is 1. The summed E-state index contributed by atoms with van der Waals surface area (Å²) < 4.78 is 12.9. The number of phenolic OH excluding ortho intramolecular Hbond substituents is 1. The van der Waals surface area contributed by atoms with Gasteiger partial charge in [0, 0.05) is 0 Å². The zero-order valence-corrected chi connectivity index (χ0v) is 6.98. The number of hydrogen-bond acceptors (Lipinski definition) is 2. The molecule has 2 nitrogen and oxygen atoms in total. The van der Waals surface area contributed by atoms with Crippen LogP contribution in [0.4, 0.5) is 4.39 Å². The Bertz CT molecular complexity index is 370. The highest BCUT2D eigenvalue weighted by atomic mass is 35.5. The zero-order valence-electron chi connectivity index (χ0n) is 6.23. The Labute approximate surface area is 73.8 Å². The van der Waals surface area contributed by atoms with Crippen LogP contribution in [0, 0.1) is 24.1 Å². The van der Waals surface area contributed by atoms with E-state index in [9.17, 15) is 4.39 Å². The summed E-state index contributed by atoms with van der Waals surface area (Å²) in [7, 11) is 0. The Morgan fingerprint density at radius 3 is 2.75 bits per heavy atom. The van der Waals surface area contributed by atoms with Crippen LogP contribution in [0.25, 0.3) is 0 Å². The van der Waals surface area contributed by atoms with Gasteiger partial charge in [0.2, 0.25) is 0 Å². The van der Waals surface area contributed by atoms with Crippen LogP contribution >= 0.6 is 11.6 Å². The van der Waals surface area contributed by atoms with Crippen LogP contribution in [0.5, 0.6) is 5.75 Å².